The van der Waals surface area contributed by atoms with E-state index in [2.05, 4.69) is 15.2 Å². The van der Waals surface area contributed by atoms with Crippen LogP contribution in [0, 0.1) is 23.7 Å². The molecule has 3 N–H and O–H groups in total. The Morgan fingerprint density at radius 2 is 1.68 bits per heavy atom. The van der Waals surface area contributed by atoms with Gasteiger partial charge in [0.2, 0.25) is 0 Å². The Kier molecular flexibility index (Phi) is 20.4. The fourth-order valence-electron chi connectivity index (χ4n) is 9.34. The van der Waals surface area contributed by atoms with Gasteiger partial charge in [-0.2, -0.15) is 5.10 Å². The number of ketones is 1. The van der Waals surface area contributed by atoms with Crippen LogP contribution in [-0.2, 0) is 63.7 Å². The number of aromatic nitrogens is 3. The molecule has 384 valence electrons. The number of likely N-dealkylation sites (N-methyl/N-ethyl adjacent to an activating group) is 1. The van der Waals surface area contributed by atoms with Crippen molar-refractivity contribution in [2.75, 3.05) is 61.3 Å². The molecule has 0 aromatic carbocycles. The molecule has 2 aromatic heterocycles. The van der Waals surface area contributed by atoms with Gasteiger partial charge in [0, 0.05) is 62.7 Å². The van der Waals surface area contributed by atoms with Crippen LogP contribution in [0.15, 0.2) is 65.7 Å². The van der Waals surface area contributed by atoms with Crippen LogP contribution < -0.4 is 0 Å². The smallest absolute Gasteiger partial charge is 0.308 e. The first kappa shape index (κ1) is 54.3. The third-order valence-corrected chi connectivity index (χ3v) is 13.4. The first-order chi connectivity index (χ1) is 33.1. The van der Waals surface area contributed by atoms with E-state index in [0.717, 1.165) is 11.1 Å². The highest BCUT2D eigenvalue weighted by Crippen LogP contribution is 2.36. The number of aliphatic hydroxyl groups is 3. The second kappa shape index (κ2) is 25.9. The SMILES string of the molecule is CO[C@@H]1[C@H](O)[C@@H](C)O[C@@H](OC[C@H]2/C=C(C)/C=C/C(=O)[C@H](C)CC3CCOC/C(=N\OCc4ccc(-n5cccn5)nc4)CO[C@H](CC(=O)OC2)[C@H](C)[C@H]3O[C@@H]2O[C@H](C)[C@@H](O)[C@H](N(C)C)[C@H]2O)[C@@H]1OC. The molecule has 4 aliphatic heterocycles. The van der Waals surface area contributed by atoms with E-state index in [1.807, 2.05) is 45.0 Å². The maximum absolute atomic E-state index is 14.1. The van der Waals surface area contributed by atoms with Gasteiger partial charge in [0.15, 0.2) is 24.2 Å². The lowest BCUT2D eigenvalue weighted by molar-refractivity contribution is -0.305. The largest absolute Gasteiger partial charge is 0.465 e. The van der Waals surface area contributed by atoms with Crippen molar-refractivity contribution in [2.45, 2.75) is 134 Å². The summed E-state index contributed by atoms with van der Waals surface area (Å²) in [6, 6.07) is 4.79. The first-order valence-electron chi connectivity index (χ1n) is 23.8. The second-order valence-electron chi connectivity index (χ2n) is 18.8. The number of cyclic esters (lactones) is 1. The molecular formula is C49H73N5O15. The summed E-state index contributed by atoms with van der Waals surface area (Å²) in [5, 5.41) is 42.1. The lowest BCUT2D eigenvalue weighted by atomic mass is 9.79. The highest BCUT2D eigenvalue weighted by molar-refractivity contribution is 5.91. The van der Waals surface area contributed by atoms with Gasteiger partial charge < -0.3 is 67.7 Å². The molecule has 0 radical (unpaired) electrons. The zero-order chi connectivity index (χ0) is 49.8. The summed E-state index contributed by atoms with van der Waals surface area (Å²) < 4.78 is 57.0. The van der Waals surface area contributed by atoms with Crippen molar-refractivity contribution in [1.29, 1.82) is 0 Å². The third-order valence-electron chi connectivity index (χ3n) is 13.4. The number of carbonyl (C=O) groups excluding carboxylic acids is 2. The molecule has 0 spiro atoms. The van der Waals surface area contributed by atoms with E-state index < -0.39 is 97.3 Å². The number of hydrogen-bond acceptors (Lipinski definition) is 19. The monoisotopic (exact) mass is 972 g/mol. The summed E-state index contributed by atoms with van der Waals surface area (Å²) in [5.74, 6) is -1.97. The van der Waals surface area contributed by atoms with Crippen molar-refractivity contribution < 1.29 is 72.4 Å². The molecule has 2 aromatic rings. The van der Waals surface area contributed by atoms with Crippen LogP contribution in [0.1, 0.15) is 59.4 Å². The van der Waals surface area contributed by atoms with E-state index in [9.17, 15) is 24.9 Å². The second-order valence-corrected chi connectivity index (χ2v) is 18.8. The van der Waals surface area contributed by atoms with Gasteiger partial charge in [-0.3, -0.25) is 9.59 Å². The predicted octanol–water partition coefficient (Wildman–Crippen LogP) is 2.79. The number of hydrogen-bond donors (Lipinski definition) is 3. The van der Waals surface area contributed by atoms with Crippen molar-refractivity contribution in [3.8, 4) is 5.82 Å². The van der Waals surface area contributed by atoms with E-state index in [1.165, 1.54) is 14.2 Å². The van der Waals surface area contributed by atoms with E-state index in [1.54, 1.807) is 68.3 Å². The number of fused-ring (bicyclic) bond motifs is 3. The van der Waals surface area contributed by atoms with Gasteiger partial charge in [-0.15, -0.1) is 0 Å². The number of nitrogens with zero attached hydrogens (tertiary/aromatic N) is 5. The lowest BCUT2D eigenvalue weighted by Crippen LogP contribution is -2.63. The van der Waals surface area contributed by atoms with E-state index in [-0.39, 0.29) is 57.8 Å². The molecule has 3 fully saturated rings. The predicted molar refractivity (Wildman–Crippen MR) is 249 cm³/mol. The molecule has 20 nitrogen and oxygen atoms in total. The maximum atomic E-state index is 14.1. The standard InChI is InChI=1S/C49H73N5O15/c1-28-11-13-37(55)29(2)20-35-15-18-62-26-36(52-66-25-33-12-14-39(50-22-33)54-17-10-16-51-54)27-63-38(30(3)45(35)69-48-44(59)41(53(6)7)42(57)31(4)67-48)21-40(56)64-23-34(19-28)24-65-49-47(61-9)46(60-8)43(58)32(5)68-49/h10-14,16-17,19,22,29-32,34-35,38,41-49,57-59H,15,18,20-21,23-27H2,1-9H3/b13-11+,28-19+,52-36+/t29-,30+,31-,32-,34+,35?,38-,41+,42-,43-,44-,45-,46-,47-,48+,49-/m1/s1. The molecule has 4 aliphatic rings. The van der Waals surface area contributed by atoms with Crippen LogP contribution in [-0.4, -0.2) is 187 Å². The van der Waals surface area contributed by atoms with Crippen LogP contribution in [0.4, 0.5) is 0 Å². The van der Waals surface area contributed by atoms with Gasteiger partial charge in [-0.05, 0) is 71.8 Å². The lowest BCUT2D eigenvalue weighted by Gasteiger charge is -2.47. The average molecular weight is 972 g/mol. The Labute approximate surface area is 404 Å². The summed E-state index contributed by atoms with van der Waals surface area (Å²) in [5.41, 5.74) is 1.93. The summed E-state index contributed by atoms with van der Waals surface area (Å²) in [4.78, 5) is 40.1. The fourth-order valence-corrected chi connectivity index (χ4v) is 9.34. The van der Waals surface area contributed by atoms with Crippen LogP contribution in [0.3, 0.4) is 0 Å². The first-order valence-corrected chi connectivity index (χ1v) is 23.8. The summed E-state index contributed by atoms with van der Waals surface area (Å²) >= 11 is 0. The molecule has 0 aliphatic carbocycles. The molecule has 3 saturated heterocycles. The van der Waals surface area contributed by atoms with Crippen molar-refractivity contribution in [3.05, 3.63) is 66.2 Å². The Bertz CT molecular complexity index is 2000. The van der Waals surface area contributed by atoms with Gasteiger partial charge in [-0.1, -0.05) is 42.8 Å². The molecule has 0 saturated carbocycles. The highest BCUT2D eigenvalue weighted by Gasteiger charge is 2.48. The molecule has 69 heavy (non-hydrogen) atoms. The molecular weight excluding hydrogens is 899 g/mol. The summed E-state index contributed by atoms with van der Waals surface area (Å²) in [7, 11) is 6.49. The molecule has 6 heterocycles. The van der Waals surface area contributed by atoms with Crippen LogP contribution in [0.5, 0.6) is 0 Å². The number of methoxy groups -OCH3 is 2. The number of aliphatic hydroxyl groups excluding tert-OH is 3. The minimum atomic E-state index is -1.26. The molecule has 1 unspecified atom stereocenters. The van der Waals surface area contributed by atoms with E-state index >= 15 is 0 Å². The van der Waals surface area contributed by atoms with Crippen molar-refractivity contribution >= 4 is 17.5 Å². The van der Waals surface area contributed by atoms with Crippen LogP contribution >= 0.6 is 0 Å². The Morgan fingerprint density at radius 3 is 2.38 bits per heavy atom. The molecule has 0 amide bonds. The van der Waals surface area contributed by atoms with Gasteiger partial charge in [0.25, 0.3) is 0 Å². The van der Waals surface area contributed by atoms with Gasteiger partial charge in [-0.25, -0.2) is 9.67 Å². The number of pyridine rings is 1. The minimum Gasteiger partial charge on any atom is -0.465 e. The topological polar surface area (TPSA) is 233 Å². The normalized spacial score (nSPS) is 37.7. The highest BCUT2D eigenvalue weighted by atomic mass is 16.7. The third kappa shape index (κ3) is 14.5. The Hall–Kier alpha value is -4.03. The van der Waals surface area contributed by atoms with Crippen LogP contribution in [0.2, 0.25) is 0 Å². The number of allylic oxidation sites excluding steroid dienone is 3. The minimum absolute atomic E-state index is 0.0235. The number of esters is 1. The molecule has 20 heteroatoms. The van der Waals surface area contributed by atoms with Crippen LogP contribution in [0.25, 0.3) is 5.82 Å². The molecule has 2 bridgehead atoms. The fraction of sp³-hybridized carbons (Fsp3) is 0.694. The van der Waals surface area contributed by atoms with Crippen molar-refractivity contribution in [3.63, 3.8) is 0 Å². The van der Waals surface area contributed by atoms with Gasteiger partial charge in [0.1, 0.15) is 36.7 Å². The van der Waals surface area contributed by atoms with Gasteiger partial charge >= 0.3 is 5.97 Å². The molecule has 16 atom stereocenters. The zero-order valence-corrected chi connectivity index (χ0v) is 41.3. The molecule has 6 rings (SSSR count). The van der Waals surface area contributed by atoms with E-state index in [4.69, 9.17) is 47.5 Å². The van der Waals surface area contributed by atoms with Crippen molar-refractivity contribution in [1.82, 2.24) is 19.7 Å². The average Bonchev–Trinajstić information content (AvgIpc) is 3.87. The van der Waals surface area contributed by atoms with Crippen molar-refractivity contribution in [2.24, 2.45) is 28.8 Å². The number of ether oxygens (including phenoxy) is 9. The maximum Gasteiger partial charge on any atom is 0.308 e. The van der Waals surface area contributed by atoms with E-state index in [0.29, 0.717) is 24.4 Å². The number of carbonyl (C=O) groups is 2. The number of oxime groups is 1. The zero-order valence-electron chi connectivity index (χ0n) is 41.3. The quantitative estimate of drug-likeness (QED) is 0.205. The van der Waals surface area contributed by atoms with Gasteiger partial charge in [0.05, 0.1) is 69.4 Å². The Balaban J connectivity index is 1.28. The Morgan fingerprint density at radius 1 is 0.928 bits per heavy atom. The summed E-state index contributed by atoms with van der Waals surface area (Å²) in [6.07, 6.45) is 1.15. The number of rotatable bonds is 12. The summed E-state index contributed by atoms with van der Waals surface area (Å²) in [6.45, 7) is 9.29.